The summed E-state index contributed by atoms with van der Waals surface area (Å²) in [6.07, 6.45) is 4.85. The molecule has 0 saturated heterocycles. The van der Waals surface area contributed by atoms with Gasteiger partial charge in [-0.1, -0.05) is 55.5 Å². The average Bonchev–Trinajstić information content (AvgIpc) is 2.59. The molecule has 1 aliphatic rings. The molecule has 132 valence electrons. The minimum atomic E-state index is -0.497. The fourth-order valence-electron chi connectivity index (χ4n) is 2.87. The van der Waals surface area contributed by atoms with Crippen LogP contribution in [0.3, 0.4) is 0 Å². The van der Waals surface area contributed by atoms with Gasteiger partial charge in [0.1, 0.15) is 5.02 Å². The van der Waals surface area contributed by atoms with Gasteiger partial charge in [0.2, 0.25) is 0 Å². The van der Waals surface area contributed by atoms with Crippen LogP contribution in [-0.4, -0.2) is 18.5 Å². The van der Waals surface area contributed by atoms with E-state index in [4.69, 9.17) is 32.7 Å². The van der Waals surface area contributed by atoms with Crippen LogP contribution in [0, 0.1) is 11.8 Å². The van der Waals surface area contributed by atoms with Crippen molar-refractivity contribution >= 4 is 35.1 Å². The number of hydrogen-bond donors (Lipinski definition) is 0. The van der Waals surface area contributed by atoms with Crippen LogP contribution < -0.4 is 4.74 Å². The number of benzene rings is 1. The van der Waals surface area contributed by atoms with Crippen molar-refractivity contribution in [2.45, 2.75) is 45.4 Å². The maximum Gasteiger partial charge on any atom is 0.315 e. The normalized spacial score (nSPS) is 20.5. The van der Waals surface area contributed by atoms with Crippen molar-refractivity contribution in [3.8, 4) is 5.75 Å². The molecule has 1 aliphatic carbocycles. The smallest absolute Gasteiger partial charge is 0.315 e. The van der Waals surface area contributed by atoms with Gasteiger partial charge < -0.3 is 9.47 Å². The largest absolute Gasteiger partial charge is 0.465 e. The highest BCUT2D eigenvalue weighted by Crippen LogP contribution is 2.35. The highest BCUT2D eigenvalue weighted by molar-refractivity contribution is 6.43. The van der Waals surface area contributed by atoms with Gasteiger partial charge in [0.25, 0.3) is 0 Å². The predicted molar refractivity (Wildman–Crippen MR) is 93.4 cm³/mol. The van der Waals surface area contributed by atoms with Crippen LogP contribution in [0.5, 0.6) is 5.75 Å². The number of unbranched alkanes of at least 4 members (excludes halogenated alkanes) is 1. The molecule has 0 aliphatic heterocycles. The highest BCUT2D eigenvalue weighted by atomic mass is 35.5. The zero-order chi connectivity index (χ0) is 17.5. The van der Waals surface area contributed by atoms with E-state index in [2.05, 4.69) is 0 Å². The van der Waals surface area contributed by atoms with E-state index >= 15 is 0 Å². The molecule has 0 bridgehead atoms. The van der Waals surface area contributed by atoms with Crippen LogP contribution in [0.4, 0.5) is 0 Å². The van der Waals surface area contributed by atoms with Gasteiger partial charge in [-0.25, -0.2) is 0 Å². The van der Waals surface area contributed by atoms with E-state index in [-0.39, 0.29) is 16.7 Å². The lowest BCUT2D eigenvalue weighted by Crippen LogP contribution is -2.36. The molecule has 2 atom stereocenters. The van der Waals surface area contributed by atoms with Gasteiger partial charge in [0.15, 0.2) is 5.75 Å². The minimum Gasteiger partial charge on any atom is -0.465 e. The van der Waals surface area contributed by atoms with Crippen molar-refractivity contribution in [3.63, 3.8) is 0 Å². The molecule has 1 aromatic rings. The van der Waals surface area contributed by atoms with Gasteiger partial charge in [-0.3, -0.25) is 9.59 Å². The Morgan fingerprint density at radius 2 is 1.79 bits per heavy atom. The Labute approximate surface area is 152 Å². The zero-order valence-electron chi connectivity index (χ0n) is 13.7. The van der Waals surface area contributed by atoms with E-state index in [0.29, 0.717) is 24.5 Å². The lowest BCUT2D eigenvalue weighted by molar-refractivity contribution is -0.158. The monoisotopic (exact) mass is 372 g/mol. The summed E-state index contributed by atoms with van der Waals surface area (Å²) in [6.45, 7) is 2.43. The summed E-state index contributed by atoms with van der Waals surface area (Å²) in [5.74, 6) is -1.47. The molecule has 0 amide bonds. The first-order valence-corrected chi connectivity index (χ1v) is 9.12. The molecule has 0 radical (unpaired) electrons. The number of hydrogen-bond acceptors (Lipinski definition) is 4. The molecule has 2 rings (SSSR count). The van der Waals surface area contributed by atoms with E-state index in [0.717, 1.165) is 25.7 Å². The molecule has 0 aromatic heterocycles. The standard InChI is InChI=1S/C18H22Cl2O4/c1-2-3-11-23-17(21)12-7-4-5-8-13(12)18(22)24-15-10-6-9-14(19)16(15)20/h6,9-10,12-13H,2-5,7-8,11H2,1H3. The molecule has 0 spiro atoms. The number of ether oxygens (including phenoxy) is 2. The van der Waals surface area contributed by atoms with Crippen molar-refractivity contribution in [3.05, 3.63) is 28.2 Å². The van der Waals surface area contributed by atoms with Crippen LogP contribution in [0.15, 0.2) is 18.2 Å². The molecule has 4 nitrogen and oxygen atoms in total. The van der Waals surface area contributed by atoms with Crippen molar-refractivity contribution in [1.82, 2.24) is 0 Å². The molecule has 1 fully saturated rings. The molecule has 0 N–H and O–H groups in total. The molecule has 0 heterocycles. The second kappa shape index (κ2) is 9.28. The number of rotatable bonds is 6. The van der Waals surface area contributed by atoms with E-state index in [1.807, 2.05) is 6.92 Å². The molecule has 2 unspecified atom stereocenters. The zero-order valence-corrected chi connectivity index (χ0v) is 15.2. The quantitative estimate of drug-likeness (QED) is 0.398. The Bertz CT molecular complexity index is 588. The molecule has 1 saturated carbocycles. The molecule has 1 aromatic carbocycles. The summed E-state index contributed by atoms with van der Waals surface area (Å²) in [7, 11) is 0. The Morgan fingerprint density at radius 3 is 2.46 bits per heavy atom. The van der Waals surface area contributed by atoms with Gasteiger partial charge in [0.05, 0.1) is 23.5 Å². The van der Waals surface area contributed by atoms with Crippen LogP contribution in [0.1, 0.15) is 45.4 Å². The first-order valence-electron chi connectivity index (χ1n) is 8.37. The van der Waals surface area contributed by atoms with Crippen LogP contribution >= 0.6 is 23.2 Å². The van der Waals surface area contributed by atoms with Gasteiger partial charge in [-0.15, -0.1) is 0 Å². The number of carbonyl (C=O) groups excluding carboxylic acids is 2. The van der Waals surface area contributed by atoms with Gasteiger partial charge >= 0.3 is 11.9 Å². The van der Waals surface area contributed by atoms with Crippen LogP contribution in [-0.2, 0) is 14.3 Å². The minimum absolute atomic E-state index is 0.199. The topological polar surface area (TPSA) is 52.6 Å². The van der Waals surface area contributed by atoms with Gasteiger partial charge in [-0.05, 0) is 31.4 Å². The Morgan fingerprint density at radius 1 is 1.12 bits per heavy atom. The Kier molecular flexibility index (Phi) is 7.38. The summed E-state index contributed by atoms with van der Waals surface area (Å²) < 4.78 is 10.7. The van der Waals surface area contributed by atoms with Crippen molar-refractivity contribution < 1.29 is 19.1 Å². The van der Waals surface area contributed by atoms with Crippen molar-refractivity contribution in [2.75, 3.05) is 6.61 Å². The second-order valence-electron chi connectivity index (χ2n) is 5.99. The summed E-state index contributed by atoms with van der Waals surface area (Å²) in [5.41, 5.74) is 0. The van der Waals surface area contributed by atoms with Gasteiger partial charge in [0, 0.05) is 0 Å². The van der Waals surface area contributed by atoms with E-state index in [1.54, 1.807) is 18.2 Å². The van der Waals surface area contributed by atoms with E-state index in [1.165, 1.54) is 0 Å². The van der Waals surface area contributed by atoms with E-state index in [9.17, 15) is 9.59 Å². The fourth-order valence-corrected chi connectivity index (χ4v) is 3.20. The lowest BCUT2D eigenvalue weighted by atomic mass is 9.79. The Hall–Kier alpha value is -1.26. The Balaban J connectivity index is 2.04. The molecule has 6 heteroatoms. The average molecular weight is 373 g/mol. The molecular weight excluding hydrogens is 351 g/mol. The van der Waals surface area contributed by atoms with Crippen LogP contribution in [0.25, 0.3) is 0 Å². The second-order valence-corrected chi connectivity index (χ2v) is 6.78. The first kappa shape index (κ1) is 19.1. The van der Waals surface area contributed by atoms with Crippen molar-refractivity contribution in [1.29, 1.82) is 0 Å². The first-order chi connectivity index (χ1) is 11.5. The molecular formula is C18H22Cl2O4. The summed E-state index contributed by atoms with van der Waals surface area (Å²) in [4.78, 5) is 24.8. The van der Waals surface area contributed by atoms with Crippen molar-refractivity contribution in [2.24, 2.45) is 11.8 Å². The number of carbonyl (C=O) groups is 2. The summed E-state index contributed by atoms with van der Waals surface area (Å²) >= 11 is 12.0. The lowest BCUT2D eigenvalue weighted by Gasteiger charge is -2.28. The summed E-state index contributed by atoms with van der Waals surface area (Å²) in [6, 6.07) is 4.87. The van der Waals surface area contributed by atoms with E-state index < -0.39 is 17.8 Å². The third-order valence-electron chi connectivity index (χ3n) is 4.24. The fraction of sp³-hybridized carbons (Fsp3) is 0.556. The maximum atomic E-state index is 12.5. The highest BCUT2D eigenvalue weighted by Gasteiger charge is 2.38. The maximum absolute atomic E-state index is 12.5. The number of esters is 2. The third kappa shape index (κ3) is 4.87. The predicted octanol–water partition coefficient (Wildman–Crippen LogP) is 5.05. The summed E-state index contributed by atoms with van der Waals surface area (Å²) in [5, 5.41) is 0.520. The third-order valence-corrected chi connectivity index (χ3v) is 5.04. The number of halogens is 2. The van der Waals surface area contributed by atoms with Gasteiger partial charge in [-0.2, -0.15) is 0 Å². The van der Waals surface area contributed by atoms with Crippen LogP contribution in [0.2, 0.25) is 10.0 Å². The molecule has 24 heavy (non-hydrogen) atoms. The SMILES string of the molecule is CCCCOC(=O)C1CCCCC1C(=O)Oc1cccc(Cl)c1Cl.